The summed E-state index contributed by atoms with van der Waals surface area (Å²) in [6, 6.07) is 17.8. The van der Waals surface area contributed by atoms with E-state index >= 15 is 0 Å². The zero-order valence-corrected chi connectivity index (χ0v) is 8.17. The van der Waals surface area contributed by atoms with Gasteiger partial charge in [-0.3, -0.25) is 0 Å². The van der Waals surface area contributed by atoms with Crippen LogP contribution in [0.25, 0.3) is 16.7 Å². The van der Waals surface area contributed by atoms with E-state index in [1.54, 1.807) is 0 Å². The summed E-state index contributed by atoms with van der Waals surface area (Å²) in [5.74, 6) is 0. The maximum Gasteiger partial charge on any atom is 0.288 e. The summed E-state index contributed by atoms with van der Waals surface area (Å²) in [5.41, 5.74) is 11.7. The summed E-state index contributed by atoms with van der Waals surface area (Å²) in [5, 5.41) is 0. The third-order valence-electron chi connectivity index (χ3n) is 2.24. The number of nitrogens with zero attached hydrogens (tertiary/aromatic N) is 2. The molecular weight excluding hydrogens is 184 g/mol. The highest BCUT2D eigenvalue weighted by atomic mass is 14.8. The Hall–Kier alpha value is -2.18. The fraction of sp³-hybridized carbons (Fsp3) is 0. The van der Waals surface area contributed by atoms with Gasteiger partial charge in [-0.15, -0.1) is 0 Å². The molecule has 2 aromatic carbocycles. The molecule has 0 aliphatic carbocycles. The minimum absolute atomic E-state index is 0.909. The van der Waals surface area contributed by atoms with E-state index in [2.05, 4.69) is 4.79 Å². The second-order valence-electron chi connectivity index (χ2n) is 3.20. The average molecular weight is 194 g/mol. The van der Waals surface area contributed by atoms with Gasteiger partial charge in [0.05, 0.1) is 5.56 Å². The van der Waals surface area contributed by atoms with Gasteiger partial charge in [0.25, 0.3) is 6.21 Å². The smallest absolute Gasteiger partial charge is 0.288 e. The summed E-state index contributed by atoms with van der Waals surface area (Å²) in [6.45, 7) is 0. The van der Waals surface area contributed by atoms with Crippen molar-refractivity contribution in [3.63, 3.8) is 0 Å². The van der Waals surface area contributed by atoms with Crippen molar-refractivity contribution in [2.75, 3.05) is 0 Å². The van der Waals surface area contributed by atoms with E-state index in [0.29, 0.717) is 0 Å². The van der Waals surface area contributed by atoms with Crippen LogP contribution in [0.1, 0.15) is 5.56 Å². The molecule has 15 heavy (non-hydrogen) atoms. The van der Waals surface area contributed by atoms with Crippen LogP contribution in [-0.4, -0.2) is 11.0 Å². The molecule has 2 aromatic rings. The Bertz CT molecular complexity index is 497. The molecule has 0 spiro atoms. The number of benzene rings is 2. The second kappa shape index (κ2) is 4.36. The molecule has 0 atom stereocenters. The molecule has 0 bridgehead atoms. The van der Waals surface area contributed by atoms with Crippen molar-refractivity contribution in [2.45, 2.75) is 0 Å². The van der Waals surface area contributed by atoms with Crippen LogP contribution in [0.4, 0.5) is 0 Å². The minimum Gasteiger partial charge on any atom is -0.361 e. The van der Waals surface area contributed by atoms with Crippen LogP contribution < -0.4 is 0 Å². The molecule has 0 amide bonds. The quantitative estimate of drug-likeness (QED) is 0.400. The van der Waals surface area contributed by atoms with Crippen molar-refractivity contribution in [1.82, 2.24) is 0 Å². The molecule has 0 saturated heterocycles. The highest BCUT2D eigenvalue weighted by Gasteiger charge is 2.03. The summed E-state index contributed by atoms with van der Waals surface area (Å²) in [4.78, 5) is 3.07. The van der Waals surface area contributed by atoms with E-state index in [1.807, 2.05) is 54.6 Å². The summed E-state index contributed by atoms with van der Waals surface area (Å²) < 4.78 is 0. The first-order valence-electron chi connectivity index (χ1n) is 4.73. The van der Waals surface area contributed by atoms with Crippen molar-refractivity contribution >= 4 is 6.21 Å². The van der Waals surface area contributed by atoms with Gasteiger partial charge in [0, 0.05) is 0 Å². The summed E-state index contributed by atoms with van der Waals surface area (Å²) >= 11 is 0. The van der Waals surface area contributed by atoms with E-state index in [-0.39, 0.29) is 0 Å². The van der Waals surface area contributed by atoms with Crippen molar-refractivity contribution in [2.24, 2.45) is 0 Å². The fourth-order valence-electron chi connectivity index (χ4n) is 1.55. The minimum atomic E-state index is 0.909. The molecule has 2 nitrogen and oxygen atoms in total. The lowest BCUT2D eigenvalue weighted by molar-refractivity contribution is 0.00460. The van der Waals surface area contributed by atoms with Gasteiger partial charge in [-0.1, -0.05) is 48.5 Å². The molecule has 2 heteroatoms. The number of hydrogen-bond donors (Lipinski definition) is 0. The molecule has 0 fully saturated rings. The summed E-state index contributed by atoms with van der Waals surface area (Å²) in [7, 11) is 0. The predicted molar refractivity (Wildman–Crippen MR) is 60.7 cm³/mol. The molecule has 2 rings (SSSR count). The number of rotatable bonds is 2. The standard InChI is InChI=1S/C13H10N2/c14-15-10-12-8-4-5-9-13(12)11-6-2-1-3-7-11/h1-10H. The van der Waals surface area contributed by atoms with Crippen LogP contribution in [0.3, 0.4) is 0 Å². The largest absolute Gasteiger partial charge is 0.361 e. The van der Waals surface area contributed by atoms with E-state index < -0.39 is 0 Å². The predicted octanol–water partition coefficient (Wildman–Crippen LogP) is 3.00. The van der Waals surface area contributed by atoms with Gasteiger partial charge in [-0.25, -0.2) is 0 Å². The van der Waals surface area contributed by atoms with Crippen molar-refractivity contribution in [3.05, 3.63) is 65.7 Å². The average Bonchev–Trinajstić information content (AvgIpc) is 2.31. The lowest BCUT2D eigenvalue weighted by atomic mass is 10.0. The fourth-order valence-corrected chi connectivity index (χ4v) is 1.55. The Morgan fingerprint density at radius 1 is 0.867 bits per heavy atom. The molecule has 72 valence electrons. The Morgan fingerprint density at radius 3 is 2.27 bits per heavy atom. The molecule has 0 saturated carbocycles. The molecule has 0 aromatic heterocycles. The number of hydrogen-bond acceptors (Lipinski definition) is 0. The van der Waals surface area contributed by atoms with E-state index in [1.165, 1.54) is 6.21 Å². The molecule has 0 N–H and O–H groups in total. The second-order valence-corrected chi connectivity index (χ2v) is 3.20. The monoisotopic (exact) mass is 194 g/mol. The van der Waals surface area contributed by atoms with Crippen molar-refractivity contribution in [1.29, 1.82) is 0 Å². The lowest BCUT2D eigenvalue weighted by Gasteiger charge is -2.02. The van der Waals surface area contributed by atoms with E-state index in [0.717, 1.165) is 16.7 Å². The first-order chi connectivity index (χ1) is 7.42. The topological polar surface area (TPSA) is 36.4 Å². The van der Waals surface area contributed by atoms with Crippen LogP contribution in [0.15, 0.2) is 54.6 Å². The Balaban J connectivity index is 2.58. The first-order valence-corrected chi connectivity index (χ1v) is 4.73. The van der Waals surface area contributed by atoms with Crippen molar-refractivity contribution < 1.29 is 4.79 Å². The van der Waals surface area contributed by atoms with Crippen LogP contribution in [0.2, 0.25) is 0 Å². The highest BCUT2D eigenvalue weighted by Crippen LogP contribution is 2.21. The molecular formula is C13H10N2. The van der Waals surface area contributed by atoms with Gasteiger partial charge < -0.3 is 5.53 Å². The molecule has 0 aliphatic heterocycles. The SMILES string of the molecule is [N-]=[N+]=Cc1ccccc1-c1ccccc1. The third-order valence-corrected chi connectivity index (χ3v) is 2.24. The normalized spacial score (nSPS) is 9.33. The van der Waals surface area contributed by atoms with E-state index in [9.17, 15) is 0 Å². The highest BCUT2D eigenvalue weighted by molar-refractivity contribution is 5.87. The molecule has 0 unspecified atom stereocenters. The molecule has 0 heterocycles. The zero-order valence-electron chi connectivity index (χ0n) is 8.17. The van der Waals surface area contributed by atoms with Crippen LogP contribution in [0.5, 0.6) is 0 Å². The van der Waals surface area contributed by atoms with Crippen LogP contribution in [0, 0.1) is 0 Å². The Morgan fingerprint density at radius 2 is 1.53 bits per heavy atom. The Labute approximate surface area is 88.4 Å². The van der Waals surface area contributed by atoms with Gasteiger partial charge in [0.15, 0.2) is 0 Å². The van der Waals surface area contributed by atoms with Gasteiger partial charge in [-0.2, -0.15) is 4.79 Å². The Kier molecular flexibility index (Phi) is 2.72. The van der Waals surface area contributed by atoms with Crippen molar-refractivity contribution in [3.8, 4) is 11.1 Å². The van der Waals surface area contributed by atoms with Crippen LogP contribution >= 0.6 is 0 Å². The molecule has 0 radical (unpaired) electrons. The van der Waals surface area contributed by atoms with Gasteiger partial charge in [0.2, 0.25) is 0 Å². The lowest BCUT2D eigenvalue weighted by Crippen LogP contribution is -1.87. The third kappa shape index (κ3) is 2.01. The van der Waals surface area contributed by atoms with Gasteiger partial charge >= 0.3 is 0 Å². The molecule has 0 aliphatic rings. The zero-order chi connectivity index (χ0) is 10.5. The van der Waals surface area contributed by atoms with E-state index in [4.69, 9.17) is 5.53 Å². The van der Waals surface area contributed by atoms with Gasteiger partial charge in [0.1, 0.15) is 0 Å². The van der Waals surface area contributed by atoms with Gasteiger partial charge in [-0.05, 0) is 17.2 Å². The first kappa shape index (κ1) is 9.38. The summed E-state index contributed by atoms with van der Waals surface area (Å²) in [6.07, 6.45) is 1.45. The maximum absolute atomic E-state index is 8.56. The maximum atomic E-state index is 8.56. The van der Waals surface area contributed by atoms with Crippen LogP contribution in [-0.2, 0) is 0 Å².